The number of anilines is 1. The van der Waals surface area contributed by atoms with E-state index in [0.717, 1.165) is 37.8 Å². The second kappa shape index (κ2) is 10.7. The lowest BCUT2D eigenvalue weighted by atomic mass is 10.1. The van der Waals surface area contributed by atoms with Gasteiger partial charge in [0.15, 0.2) is 0 Å². The highest BCUT2D eigenvalue weighted by atomic mass is 16.5. The Morgan fingerprint density at radius 1 is 1.00 bits per heavy atom. The molecule has 5 heteroatoms. The van der Waals surface area contributed by atoms with Crippen LogP contribution in [0.15, 0.2) is 30.3 Å². The van der Waals surface area contributed by atoms with Gasteiger partial charge in [-0.05, 0) is 25.0 Å². The Morgan fingerprint density at radius 3 is 2.38 bits per heavy atom. The molecule has 116 valence electrons. The molecule has 5 nitrogen and oxygen atoms in total. The summed E-state index contributed by atoms with van der Waals surface area (Å²) in [7, 11) is 1.41. The van der Waals surface area contributed by atoms with Crippen LogP contribution in [0.4, 0.5) is 10.5 Å². The Balaban J connectivity index is 1.94. The van der Waals surface area contributed by atoms with Crippen molar-refractivity contribution in [3.8, 4) is 0 Å². The Bertz CT molecular complexity index is 421. The summed E-state index contributed by atoms with van der Waals surface area (Å²) in [4.78, 5) is 22.5. The molecule has 1 aromatic carbocycles. The van der Waals surface area contributed by atoms with Gasteiger partial charge >= 0.3 is 12.0 Å². The molecule has 0 aliphatic heterocycles. The first-order valence-corrected chi connectivity index (χ1v) is 7.39. The molecular weight excluding hydrogens is 268 g/mol. The van der Waals surface area contributed by atoms with Gasteiger partial charge in [-0.3, -0.25) is 4.79 Å². The number of urea groups is 1. The van der Waals surface area contributed by atoms with Crippen molar-refractivity contribution in [2.24, 2.45) is 0 Å². The molecule has 0 aromatic heterocycles. The molecule has 0 radical (unpaired) electrons. The minimum absolute atomic E-state index is 0.144. The Morgan fingerprint density at radius 2 is 1.67 bits per heavy atom. The van der Waals surface area contributed by atoms with E-state index in [2.05, 4.69) is 15.4 Å². The standard InChI is InChI=1S/C16H24N2O3/c1-21-15(19)12-8-3-2-4-9-13-17-16(20)18-14-10-6-5-7-11-14/h5-7,10-11H,2-4,8-9,12-13H2,1H3,(H2,17,18,20). The fourth-order valence-corrected chi connectivity index (χ4v) is 1.93. The van der Waals surface area contributed by atoms with Crippen LogP contribution in [-0.4, -0.2) is 25.7 Å². The second-order valence-corrected chi connectivity index (χ2v) is 4.84. The van der Waals surface area contributed by atoms with Crippen LogP contribution < -0.4 is 10.6 Å². The highest BCUT2D eigenvalue weighted by molar-refractivity contribution is 5.89. The summed E-state index contributed by atoms with van der Waals surface area (Å²) in [6, 6.07) is 9.19. The third-order valence-corrected chi connectivity index (χ3v) is 3.10. The maximum atomic E-state index is 11.6. The molecule has 0 aliphatic carbocycles. The summed E-state index contributed by atoms with van der Waals surface area (Å²) in [5.74, 6) is -0.144. The molecule has 0 aliphatic rings. The lowest BCUT2D eigenvalue weighted by Gasteiger charge is -2.07. The van der Waals surface area contributed by atoms with E-state index in [-0.39, 0.29) is 12.0 Å². The number of methoxy groups -OCH3 is 1. The average Bonchev–Trinajstić information content (AvgIpc) is 2.50. The lowest BCUT2D eigenvalue weighted by molar-refractivity contribution is -0.140. The number of para-hydroxylation sites is 1. The number of amides is 2. The quantitative estimate of drug-likeness (QED) is 0.542. The number of esters is 1. The number of hydrogen-bond acceptors (Lipinski definition) is 3. The zero-order valence-electron chi connectivity index (χ0n) is 12.6. The van der Waals surface area contributed by atoms with Crippen molar-refractivity contribution in [1.82, 2.24) is 5.32 Å². The summed E-state index contributed by atoms with van der Waals surface area (Å²) in [6.07, 6.45) is 5.44. The van der Waals surface area contributed by atoms with Gasteiger partial charge in [-0.1, -0.05) is 37.5 Å². The van der Waals surface area contributed by atoms with Gasteiger partial charge in [0.2, 0.25) is 0 Å². The van der Waals surface area contributed by atoms with Crippen LogP contribution >= 0.6 is 0 Å². The summed E-state index contributed by atoms with van der Waals surface area (Å²) in [5.41, 5.74) is 0.790. The summed E-state index contributed by atoms with van der Waals surface area (Å²) < 4.78 is 4.58. The lowest BCUT2D eigenvalue weighted by Crippen LogP contribution is -2.29. The molecule has 1 aromatic rings. The normalized spacial score (nSPS) is 9.95. The Labute approximate surface area is 126 Å². The number of benzene rings is 1. The predicted octanol–water partition coefficient (Wildman–Crippen LogP) is 3.32. The summed E-state index contributed by atoms with van der Waals surface area (Å²) in [6.45, 7) is 0.662. The van der Waals surface area contributed by atoms with Crippen LogP contribution in [0.5, 0.6) is 0 Å². The van der Waals surface area contributed by atoms with Gasteiger partial charge in [-0.2, -0.15) is 0 Å². The Kier molecular flexibility index (Phi) is 8.68. The molecule has 0 fully saturated rings. The highest BCUT2D eigenvalue weighted by Gasteiger charge is 2.01. The van der Waals surface area contributed by atoms with Gasteiger partial charge in [0.25, 0.3) is 0 Å². The molecule has 0 bridgehead atoms. The Hall–Kier alpha value is -2.04. The maximum Gasteiger partial charge on any atom is 0.319 e. The first-order chi connectivity index (χ1) is 10.2. The van der Waals surface area contributed by atoms with Gasteiger partial charge in [0.05, 0.1) is 7.11 Å². The minimum Gasteiger partial charge on any atom is -0.469 e. The van der Waals surface area contributed by atoms with Crippen LogP contribution in [0.2, 0.25) is 0 Å². The fourth-order valence-electron chi connectivity index (χ4n) is 1.93. The number of hydrogen-bond donors (Lipinski definition) is 2. The van der Waals surface area contributed by atoms with Crippen molar-refractivity contribution in [3.63, 3.8) is 0 Å². The predicted molar refractivity (Wildman–Crippen MR) is 83.2 cm³/mol. The number of nitrogens with one attached hydrogen (secondary N) is 2. The minimum atomic E-state index is -0.174. The van der Waals surface area contributed by atoms with E-state index in [1.807, 2.05) is 30.3 Å². The zero-order chi connectivity index (χ0) is 15.3. The molecule has 2 amide bonds. The number of carbonyl (C=O) groups is 2. The van der Waals surface area contributed by atoms with Crippen LogP contribution in [0.25, 0.3) is 0 Å². The van der Waals surface area contributed by atoms with E-state index < -0.39 is 0 Å². The molecular formula is C16H24N2O3. The topological polar surface area (TPSA) is 67.4 Å². The van der Waals surface area contributed by atoms with E-state index in [9.17, 15) is 9.59 Å². The van der Waals surface area contributed by atoms with E-state index in [1.54, 1.807) is 0 Å². The summed E-state index contributed by atoms with van der Waals surface area (Å²) in [5, 5.41) is 5.60. The summed E-state index contributed by atoms with van der Waals surface area (Å²) >= 11 is 0. The van der Waals surface area contributed by atoms with Crippen LogP contribution in [0.3, 0.4) is 0 Å². The molecule has 0 unspecified atom stereocenters. The van der Waals surface area contributed by atoms with Gasteiger partial charge in [0.1, 0.15) is 0 Å². The molecule has 21 heavy (non-hydrogen) atoms. The molecule has 0 spiro atoms. The van der Waals surface area contributed by atoms with E-state index >= 15 is 0 Å². The number of ether oxygens (including phenoxy) is 1. The van der Waals surface area contributed by atoms with E-state index in [1.165, 1.54) is 7.11 Å². The van der Waals surface area contributed by atoms with E-state index in [4.69, 9.17) is 0 Å². The molecule has 2 N–H and O–H groups in total. The molecule has 1 rings (SSSR count). The van der Waals surface area contributed by atoms with Crippen molar-refractivity contribution >= 4 is 17.7 Å². The largest absolute Gasteiger partial charge is 0.469 e. The second-order valence-electron chi connectivity index (χ2n) is 4.84. The average molecular weight is 292 g/mol. The first kappa shape index (κ1) is 17.0. The first-order valence-electron chi connectivity index (χ1n) is 7.39. The third kappa shape index (κ3) is 8.68. The van der Waals surface area contributed by atoms with Crippen LogP contribution in [-0.2, 0) is 9.53 Å². The monoisotopic (exact) mass is 292 g/mol. The van der Waals surface area contributed by atoms with Crippen molar-refractivity contribution in [2.75, 3.05) is 19.0 Å². The number of rotatable bonds is 9. The number of carbonyl (C=O) groups excluding carboxylic acids is 2. The smallest absolute Gasteiger partial charge is 0.319 e. The van der Waals surface area contributed by atoms with Crippen molar-refractivity contribution < 1.29 is 14.3 Å². The van der Waals surface area contributed by atoms with Gasteiger partial charge < -0.3 is 15.4 Å². The van der Waals surface area contributed by atoms with E-state index in [0.29, 0.717) is 13.0 Å². The zero-order valence-corrected chi connectivity index (χ0v) is 12.6. The molecule has 0 saturated heterocycles. The van der Waals surface area contributed by atoms with Crippen molar-refractivity contribution in [2.45, 2.75) is 38.5 Å². The molecule has 0 heterocycles. The van der Waals surface area contributed by atoms with Crippen molar-refractivity contribution in [3.05, 3.63) is 30.3 Å². The highest BCUT2D eigenvalue weighted by Crippen LogP contribution is 2.06. The molecule has 0 saturated carbocycles. The van der Waals surface area contributed by atoms with Crippen LogP contribution in [0.1, 0.15) is 38.5 Å². The fraction of sp³-hybridized carbons (Fsp3) is 0.500. The van der Waals surface area contributed by atoms with Crippen LogP contribution in [0, 0.1) is 0 Å². The van der Waals surface area contributed by atoms with Gasteiger partial charge in [-0.25, -0.2) is 4.79 Å². The molecule has 0 atom stereocenters. The number of unbranched alkanes of at least 4 members (excludes halogenated alkanes) is 4. The van der Waals surface area contributed by atoms with Gasteiger partial charge in [-0.15, -0.1) is 0 Å². The SMILES string of the molecule is COC(=O)CCCCCCCNC(=O)Nc1ccccc1. The maximum absolute atomic E-state index is 11.6. The van der Waals surface area contributed by atoms with Gasteiger partial charge in [0, 0.05) is 18.7 Å². The van der Waals surface area contributed by atoms with Crippen molar-refractivity contribution in [1.29, 1.82) is 0 Å². The third-order valence-electron chi connectivity index (χ3n) is 3.10.